The van der Waals surface area contributed by atoms with Gasteiger partial charge in [-0.05, 0) is 32.8 Å². The van der Waals surface area contributed by atoms with Crippen molar-refractivity contribution in [1.82, 2.24) is 15.3 Å². The third kappa shape index (κ3) is 4.19. The molecule has 22 heavy (non-hydrogen) atoms. The fourth-order valence-electron chi connectivity index (χ4n) is 2.74. The highest BCUT2D eigenvalue weighted by atomic mass is 32.2. The molecule has 1 saturated carbocycles. The summed E-state index contributed by atoms with van der Waals surface area (Å²) in [4.78, 5) is 32.2. The lowest BCUT2D eigenvalue weighted by Crippen LogP contribution is -2.56. The van der Waals surface area contributed by atoms with Crippen molar-refractivity contribution < 1.29 is 14.7 Å². The van der Waals surface area contributed by atoms with Gasteiger partial charge in [-0.3, -0.25) is 4.79 Å². The Morgan fingerprint density at radius 1 is 1.23 bits per heavy atom. The average molecular weight is 323 g/mol. The van der Waals surface area contributed by atoms with E-state index in [4.69, 9.17) is 0 Å². The molecule has 2 rings (SSSR count). The van der Waals surface area contributed by atoms with Crippen molar-refractivity contribution in [3.05, 3.63) is 17.5 Å². The normalized spacial score (nSPS) is 17.0. The first-order chi connectivity index (χ1) is 10.4. The number of aromatic nitrogens is 2. The third-order valence-corrected chi connectivity index (χ3v) is 4.64. The Balaban J connectivity index is 1.95. The molecule has 1 aliphatic carbocycles. The number of carboxylic acids is 1. The molecule has 0 aliphatic heterocycles. The SMILES string of the molecule is Cc1cc(C)nc(SCC(=O)NC2(C(=O)O)CCCCC2)n1. The molecule has 0 unspecified atom stereocenters. The molecule has 7 heteroatoms. The van der Waals surface area contributed by atoms with Gasteiger partial charge in [0, 0.05) is 11.4 Å². The Labute approximate surface area is 134 Å². The van der Waals surface area contributed by atoms with E-state index in [1.165, 1.54) is 11.8 Å². The van der Waals surface area contributed by atoms with E-state index in [1.54, 1.807) is 0 Å². The molecule has 0 spiro atoms. The lowest BCUT2D eigenvalue weighted by molar-refractivity contribution is -0.148. The van der Waals surface area contributed by atoms with Crippen LogP contribution in [0.5, 0.6) is 0 Å². The zero-order valence-corrected chi connectivity index (χ0v) is 13.7. The van der Waals surface area contributed by atoms with Crippen molar-refractivity contribution in [3.63, 3.8) is 0 Å². The number of hydrogen-bond donors (Lipinski definition) is 2. The van der Waals surface area contributed by atoms with E-state index in [9.17, 15) is 14.7 Å². The van der Waals surface area contributed by atoms with Gasteiger partial charge in [0.25, 0.3) is 0 Å². The number of carboxylic acid groups (broad SMARTS) is 1. The van der Waals surface area contributed by atoms with Crippen molar-refractivity contribution in [1.29, 1.82) is 0 Å². The Morgan fingerprint density at radius 2 is 1.82 bits per heavy atom. The summed E-state index contributed by atoms with van der Waals surface area (Å²) in [6.45, 7) is 3.75. The minimum atomic E-state index is -1.10. The van der Waals surface area contributed by atoms with Crippen LogP contribution in [0.4, 0.5) is 0 Å². The average Bonchev–Trinajstić information content (AvgIpc) is 2.45. The molecular weight excluding hydrogens is 302 g/mol. The highest BCUT2D eigenvalue weighted by molar-refractivity contribution is 7.99. The van der Waals surface area contributed by atoms with Crippen molar-refractivity contribution in [2.45, 2.75) is 56.6 Å². The van der Waals surface area contributed by atoms with E-state index < -0.39 is 11.5 Å². The maximum atomic E-state index is 12.1. The van der Waals surface area contributed by atoms with Gasteiger partial charge in [-0.1, -0.05) is 31.0 Å². The summed E-state index contributed by atoms with van der Waals surface area (Å²) in [5.74, 6) is -1.09. The summed E-state index contributed by atoms with van der Waals surface area (Å²) >= 11 is 1.23. The van der Waals surface area contributed by atoms with Gasteiger partial charge in [-0.25, -0.2) is 14.8 Å². The number of aliphatic carboxylic acids is 1. The molecule has 0 saturated heterocycles. The third-order valence-electron chi connectivity index (χ3n) is 3.79. The zero-order valence-electron chi connectivity index (χ0n) is 12.9. The molecule has 1 aromatic rings. The van der Waals surface area contributed by atoms with Crippen molar-refractivity contribution >= 4 is 23.6 Å². The van der Waals surface area contributed by atoms with E-state index >= 15 is 0 Å². The number of rotatable bonds is 5. The highest BCUT2D eigenvalue weighted by Crippen LogP contribution is 2.28. The summed E-state index contributed by atoms with van der Waals surface area (Å²) in [7, 11) is 0. The van der Waals surface area contributed by atoms with Gasteiger partial charge in [0.05, 0.1) is 5.75 Å². The number of nitrogens with one attached hydrogen (secondary N) is 1. The van der Waals surface area contributed by atoms with E-state index in [2.05, 4.69) is 15.3 Å². The van der Waals surface area contributed by atoms with Gasteiger partial charge in [-0.15, -0.1) is 0 Å². The number of carbonyl (C=O) groups is 2. The van der Waals surface area contributed by atoms with Gasteiger partial charge in [0.1, 0.15) is 5.54 Å². The number of aryl methyl sites for hydroxylation is 2. The molecule has 1 aliphatic rings. The number of hydrogen-bond acceptors (Lipinski definition) is 5. The first-order valence-electron chi connectivity index (χ1n) is 7.41. The molecule has 0 bridgehead atoms. The Morgan fingerprint density at radius 3 is 2.36 bits per heavy atom. The number of amides is 1. The number of carbonyl (C=O) groups excluding carboxylic acids is 1. The molecular formula is C15H21N3O3S. The molecule has 1 fully saturated rings. The predicted molar refractivity (Wildman–Crippen MR) is 83.8 cm³/mol. The van der Waals surface area contributed by atoms with Gasteiger partial charge in [-0.2, -0.15) is 0 Å². The van der Waals surface area contributed by atoms with Crippen LogP contribution in [0.3, 0.4) is 0 Å². The summed E-state index contributed by atoms with van der Waals surface area (Å²) in [6.07, 6.45) is 3.69. The van der Waals surface area contributed by atoms with Crippen LogP contribution in [0.1, 0.15) is 43.5 Å². The number of thioether (sulfide) groups is 1. The lowest BCUT2D eigenvalue weighted by Gasteiger charge is -2.33. The van der Waals surface area contributed by atoms with E-state index in [0.29, 0.717) is 18.0 Å². The molecule has 120 valence electrons. The molecule has 0 atom stereocenters. The van der Waals surface area contributed by atoms with E-state index in [-0.39, 0.29) is 11.7 Å². The van der Waals surface area contributed by atoms with Gasteiger partial charge >= 0.3 is 5.97 Å². The molecule has 6 nitrogen and oxygen atoms in total. The highest BCUT2D eigenvalue weighted by Gasteiger charge is 2.40. The van der Waals surface area contributed by atoms with Crippen LogP contribution in [0.15, 0.2) is 11.2 Å². The summed E-state index contributed by atoms with van der Waals surface area (Å²) in [5.41, 5.74) is 0.605. The first kappa shape index (κ1) is 16.7. The second-order valence-corrected chi connectivity index (χ2v) is 6.66. The van der Waals surface area contributed by atoms with Crippen molar-refractivity contribution in [3.8, 4) is 0 Å². The topological polar surface area (TPSA) is 92.2 Å². The monoisotopic (exact) mass is 323 g/mol. The first-order valence-corrected chi connectivity index (χ1v) is 8.39. The molecule has 1 aromatic heterocycles. The second kappa shape index (κ2) is 7.09. The predicted octanol–water partition coefficient (Wildman–Crippen LogP) is 2.09. The van der Waals surface area contributed by atoms with Crippen molar-refractivity contribution in [2.75, 3.05) is 5.75 Å². The fraction of sp³-hybridized carbons (Fsp3) is 0.600. The van der Waals surface area contributed by atoms with Gasteiger partial charge in [0.15, 0.2) is 5.16 Å². The number of nitrogens with zero attached hydrogens (tertiary/aromatic N) is 2. The van der Waals surface area contributed by atoms with Gasteiger partial charge < -0.3 is 10.4 Å². The molecule has 0 radical (unpaired) electrons. The molecule has 1 amide bonds. The summed E-state index contributed by atoms with van der Waals surface area (Å²) < 4.78 is 0. The lowest BCUT2D eigenvalue weighted by atomic mass is 9.81. The summed E-state index contributed by atoms with van der Waals surface area (Å²) in [5, 5.41) is 12.7. The molecule has 1 heterocycles. The Hall–Kier alpha value is -1.63. The van der Waals surface area contributed by atoms with Crippen LogP contribution in [0, 0.1) is 13.8 Å². The van der Waals surface area contributed by atoms with Crippen LogP contribution < -0.4 is 5.32 Å². The second-order valence-electron chi connectivity index (χ2n) is 5.72. The van der Waals surface area contributed by atoms with Gasteiger partial charge in [0.2, 0.25) is 5.91 Å². The fourth-order valence-corrected chi connectivity index (χ4v) is 3.49. The largest absolute Gasteiger partial charge is 0.480 e. The maximum Gasteiger partial charge on any atom is 0.329 e. The van der Waals surface area contributed by atoms with E-state index in [0.717, 1.165) is 30.7 Å². The standard InChI is InChI=1S/C15H21N3O3S/c1-10-8-11(2)17-14(16-10)22-9-12(19)18-15(13(20)21)6-4-3-5-7-15/h8H,3-7,9H2,1-2H3,(H,18,19)(H,20,21). The van der Waals surface area contributed by atoms with Crippen LogP contribution >= 0.6 is 11.8 Å². The van der Waals surface area contributed by atoms with Crippen LogP contribution in [0.25, 0.3) is 0 Å². The van der Waals surface area contributed by atoms with E-state index in [1.807, 2.05) is 19.9 Å². The smallest absolute Gasteiger partial charge is 0.329 e. The Kier molecular flexibility index (Phi) is 5.39. The minimum absolute atomic E-state index is 0.123. The van der Waals surface area contributed by atoms with Crippen LogP contribution in [-0.4, -0.2) is 38.2 Å². The molecule has 0 aromatic carbocycles. The zero-order chi connectivity index (χ0) is 16.2. The van der Waals surface area contributed by atoms with Crippen LogP contribution in [0.2, 0.25) is 0 Å². The minimum Gasteiger partial charge on any atom is -0.480 e. The Bertz CT molecular complexity index is 551. The quantitative estimate of drug-likeness (QED) is 0.637. The summed E-state index contributed by atoms with van der Waals surface area (Å²) in [6, 6.07) is 1.87. The van der Waals surface area contributed by atoms with Crippen LogP contribution in [-0.2, 0) is 9.59 Å². The van der Waals surface area contributed by atoms with Crippen molar-refractivity contribution in [2.24, 2.45) is 0 Å². The maximum absolute atomic E-state index is 12.1. The molecule has 2 N–H and O–H groups in total.